The fourth-order valence-electron chi connectivity index (χ4n) is 5.48. The Morgan fingerprint density at radius 1 is 0.692 bits per heavy atom. The molecule has 1 atom stereocenters. The first-order chi connectivity index (χ1) is 25.3. The minimum atomic E-state index is -0.607. The Balaban J connectivity index is 1.27. The second-order valence-corrected chi connectivity index (χ2v) is 12.7. The molecule has 4 N–H and O–H groups in total. The molecule has 6 aromatic rings. The number of H-pyrrole nitrogens is 1. The van der Waals surface area contributed by atoms with Crippen molar-refractivity contribution >= 4 is 57.8 Å². The second-order valence-electron chi connectivity index (χ2n) is 11.5. The van der Waals surface area contributed by atoms with E-state index in [0.717, 1.165) is 21.4 Å². The third-order valence-electron chi connectivity index (χ3n) is 8.07. The molecule has 0 aliphatic rings. The smallest absolute Gasteiger partial charge is 0.272 e. The second kappa shape index (κ2) is 16.5. The quantitative estimate of drug-likeness (QED) is 0.0704. The van der Waals surface area contributed by atoms with E-state index in [0.29, 0.717) is 39.8 Å². The van der Waals surface area contributed by atoms with Gasteiger partial charge in [-0.05, 0) is 71.6 Å². The largest absolute Gasteiger partial charge is 0.496 e. The summed E-state index contributed by atoms with van der Waals surface area (Å²) in [6, 6.07) is 36.2. The number of benzene rings is 5. The molecule has 0 saturated heterocycles. The van der Waals surface area contributed by atoms with E-state index < -0.39 is 17.1 Å². The van der Waals surface area contributed by atoms with Crippen molar-refractivity contribution < 1.29 is 28.6 Å². The summed E-state index contributed by atoms with van der Waals surface area (Å²) in [6.07, 6.45) is 3.36. The molecule has 0 saturated carbocycles. The molecule has 1 unspecified atom stereocenters. The van der Waals surface area contributed by atoms with Crippen molar-refractivity contribution in [3.8, 4) is 17.2 Å². The molecule has 0 spiro atoms. The zero-order valence-corrected chi connectivity index (χ0v) is 29.5. The van der Waals surface area contributed by atoms with E-state index in [4.69, 9.17) is 14.2 Å². The Kier molecular flexibility index (Phi) is 11.2. The lowest BCUT2D eigenvalue weighted by atomic mass is 10.1. The molecule has 0 aliphatic carbocycles. The molecule has 6 rings (SSSR count). The number of ether oxygens (including phenoxy) is 3. The molecule has 0 aliphatic heterocycles. The Morgan fingerprint density at radius 2 is 1.38 bits per heavy atom. The van der Waals surface area contributed by atoms with Crippen molar-refractivity contribution in [2.45, 2.75) is 10.1 Å². The topological polar surface area (TPSA) is 131 Å². The van der Waals surface area contributed by atoms with E-state index in [2.05, 4.69) is 20.9 Å². The van der Waals surface area contributed by atoms with Crippen LogP contribution in [0.2, 0.25) is 0 Å². The maximum Gasteiger partial charge on any atom is 0.272 e. The molecule has 0 fully saturated rings. The van der Waals surface area contributed by atoms with Crippen LogP contribution in [0.15, 0.2) is 138 Å². The van der Waals surface area contributed by atoms with Gasteiger partial charge in [-0.1, -0.05) is 60.7 Å². The number of carbonyl (C=O) groups is 3. The first kappa shape index (κ1) is 35.4. The molecule has 5 aromatic carbocycles. The SMILES string of the molecule is COc1cc(OC)c(OC)cc1/C=C(/NC(=O)c1ccccc1)C(=O)Nc1cccc(SC(C(=O)Nc2ccc3cc[nH]c3c2)c2ccccc2)c1. The molecule has 0 bridgehead atoms. The zero-order chi connectivity index (χ0) is 36.5. The van der Waals surface area contributed by atoms with Gasteiger partial charge in [-0.3, -0.25) is 14.4 Å². The average molecular weight is 713 g/mol. The number of amides is 3. The number of carbonyl (C=O) groups excluding carboxylic acids is 3. The number of aromatic nitrogens is 1. The Labute approximate surface area is 305 Å². The van der Waals surface area contributed by atoms with Crippen LogP contribution < -0.4 is 30.2 Å². The highest BCUT2D eigenvalue weighted by Crippen LogP contribution is 2.38. The van der Waals surface area contributed by atoms with Crippen molar-refractivity contribution in [2.24, 2.45) is 0 Å². The van der Waals surface area contributed by atoms with Gasteiger partial charge in [0.1, 0.15) is 16.7 Å². The number of fused-ring (bicyclic) bond motifs is 1. The maximum absolute atomic E-state index is 13.9. The fraction of sp³-hybridized carbons (Fsp3) is 0.0976. The maximum atomic E-state index is 13.9. The van der Waals surface area contributed by atoms with E-state index in [1.165, 1.54) is 39.2 Å². The standard InChI is InChI=1S/C41H36N4O6S/c1-49-35-25-37(51-3)36(50-2)22-29(35)21-34(45-39(46)28-13-8-5-9-14-28)40(47)43-30-15-10-16-32(23-30)52-38(27-11-6-4-7-12-27)41(48)44-31-18-17-26-19-20-42-33(26)24-31/h4-25,38,42H,1-3H3,(H,43,47)(H,44,48)(H,45,46)/b34-21+. The van der Waals surface area contributed by atoms with Crippen LogP contribution in [0.25, 0.3) is 17.0 Å². The zero-order valence-electron chi connectivity index (χ0n) is 28.6. The van der Waals surface area contributed by atoms with Crippen molar-refractivity contribution in [2.75, 3.05) is 32.0 Å². The molecule has 0 radical (unpaired) electrons. The van der Waals surface area contributed by atoms with Crippen LogP contribution in [0, 0.1) is 0 Å². The lowest BCUT2D eigenvalue weighted by Gasteiger charge is -2.18. The van der Waals surface area contributed by atoms with Crippen LogP contribution in [0.4, 0.5) is 11.4 Å². The fourth-order valence-corrected chi connectivity index (χ4v) is 6.56. The van der Waals surface area contributed by atoms with Gasteiger partial charge in [-0.15, -0.1) is 11.8 Å². The van der Waals surface area contributed by atoms with Crippen molar-refractivity contribution in [3.63, 3.8) is 0 Å². The highest BCUT2D eigenvalue weighted by molar-refractivity contribution is 8.00. The molecule has 11 heteroatoms. The predicted octanol–water partition coefficient (Wildman–Crippen LogP) is 8.08. The first-order valence-electron chi connectivity index (χ1n) is 16.2. The van der Waals surface area contributed by atoms with Crippen LogP contribution in [-0.4, -0.2) is 44.0 Å². The van der Waals surface area contributed by atoms with Gasteiger partial charge in [0.2, 0.25) is 5.91 Å². The van der Waals surface area contributed by atoms with Gasteiger partial charge in [0.15, 0.2) is 11.5 Å². The summed E-state index contributed by atoms with van der Waals surface area (Å²) in [5.41, 5.74) is 3.66. The normalized spacial score (nSPS) is 11.7. The number of aromatic amines is 1. The highest BCUT2D eigenvalue weighted by atomic mass is 32.2. The van der Waals surface area contributed by atoms with Crippen LogP contribution in [0.1, 0.15) is 26.7 Å². The van der Waals surface area contributed by atoms with Crippen LogP contribution >= 0.6 is 11.8 Å². The van der Waals surface area contributed by atoms with E-state index in [1.807, 2.05) is 66.9 Å². The summed E-state index contributed by atoms with van der Waals surface area (Å²) in [5, 5.41) is 9.17. The van der Waals surface area contributed by atoms with Gasteiger partial charge >= 0.3 is 0 Å². The van der Waals surface area contributed by atoms with Gasteiger partial charge in [0.05, 0.1) is 21.3 Å². The van der Waals surface area contributed by atoms with Crippen LogP contribution in [0.5, 0.6) is 17.2 Å². The predicted molar refractivity (Wildman–Crippen MR) is 205 cm³/mol. The molecular formula is C41H36N4O6S. The van der Waals surface area contributed by atoms with Gasteiger partial charge in [-0.25, -0.2) is 0 Å². The first-order valence-corrected chi connectivity index (χ1v) is 17.1. The third-order valence-corrected chi connectivity index (χ3v) is 9.32. The average Bonchev–Trinajstić information content (AvgIpc) is 3.65. The number of rotatable bonds is 13. The lowest BCUT2D eigenvalue weighted by molar-refractivity contribution is -0.116. The Morgan fingerprint density at radius 3 is 2.12 bits per heavy atom. The number of thioether (sulfide) groups is 1. The molecule has 10 nitrogen and oxygen atoms in total. The van der Waals surface area contributed by atoms with E-state index in [1.54, 1.807) is 60.7 Å². The van der Waals surface area contributed by atoms with Crippen molar-refractivity contribution in [1.82, 2.24) is 10.3 Å². The molecule has 1 heterocycles. The molecular weight excluding hydrogens is 677 g/mol. The summed E-state index contributed by atoms with van der Waals surface area (Å²) in [7, 11) is 4.51. The molecule has 3 amide bonds. The summed E-state index contributed by atoms with van der Waals surface area (Å²) >= 11 is 1.35. The van der Waals surface area contributed by atoms with Crippen LogP contribution in [-0.2, 0) is 9.59 Å². The number of hydrogen-bond donors (Lipinski definition) is 4. The molecule has 262 valence electrons. The number of methoxy groups -OCH3 is 3. The van der Waals surface area contributed by atoms with Crippen molar-refractivity contribution in [1.29, 1.82) is 0 Å². The van der Waals surface area contributed by atoms with Crippen LogP contribution in [0.3, 0.4) is 0 Å². The van der Waals surface area contributed by atoms with E-state index >= 15 is 0 Å². The molecule has 1 aromatic heterocycles. The minimum absolute atomic E-state index is 0.0435. The Hall–Kier alpha value is -6.46. The minimum Gasteiger partial charge on any atom is -0.496 e. The highest BCUT2D eigenvalue weighted by Gasteiger charge is 2.23. The lowest BCUT2D eigenvalue weighted by Crippen LogP contribution is -2.30. The Bertz CT molecular complexity index is 2240. The number of nitrogens with one attached hydrogen (secondary N) is 4. The number of hydrogen-bond acceptors (Lipinski definition) is 7. The summed E-state index contributed by atoms with van der Waals surface area (Å²) in [5.74, 6) is -0.00897. The van der Waals surface area contributed by atoms with Crippen molar-refractivity contribution in [3.05, 3.63) is 150 Å². The number of anilines is 2. The van der Waals surface area contributed by atoms with Gasteiger partial charge in [-0.2, -0.15) is 0 Å². The van der Waals surface area contributed by atoms with Gasteiger partial charge < -0.3 is 35.1 Å². The van der Waals surface area contributed by atoms with Gasteiger partial charge in [0, 0.05) is 45.2 Å². The summed E-state index contributed by atoms with van der Waals surface area (Å²) in [4.78, 5) is 44.9. The van der Waals surface area contributed by atoms with E-state index in [9.17, 15) is 14.4 Å². The summed E-state index contributed by atoms with van der Waals surface area (Å²) in [6.45, 7) is 0. The third kappa shape index (κ3) is 8.45. The molecule has 52 heavy (non-hydrogen) atoms. The summed E-state index contributed by atoms with van der Waals surface area (Å²) < 4.78 is 16.5. The monoisotopic (exact) mass is 712 g/mol. The van der Waals surface area contributed by atoms with Gasteiger partial charge in [0.25, 0.3) is 11.8 Å². The van der Waals surface area contributed by atoms with E-state index in [-0.39, 0.29) is 11.6 Å².